The molecule has 2 aromatic carbocycles. The highest BCUT2D eigenvalue weighted by Crippen LogP contribution is 2.34. The van der Waals surface area contributed by atoms with Gasteiger partial charge in [0.1, 0.15) is 12.2 Å². The third-order valence-corrected chi connectivity index (χ3v) is 4.49. The Kier molecular flexibility index (Phi) is 6.74. The first-order valence-electron chi connectivity index (χ1n) is 9.56. The second kappa shape index (κ2) is 9.65. The van der Waals surface area contributed by atoms with Crippen LogP contribution in [0.4, 0.5) is 10.5 Å². The van der Waals surface area contributed by atoms with Crippen LogP contribution in [0.3, 0.4) is 0 Å². The molecule has 32 heavy (non-hydrogen) atoms. The molecule has 4 amide bonds. The fourth-order valence-corrected chi connectivity index (χ4v) is 2.90. The van der Waals surface area contributed by atoms with Gasteiger partial charge in [0, 0.05) is 11.3 Å². The van der Waals surface area contributed by atoms with Gasteiger partial charge in [0.15, 0.2) is 17.6 Å². The van der Waals surface area contributed by atoms with E-state index in [1.807, 2.05) is 0 Å². The molecule has 1 fully saturated rings. The van der Waals surface area contributed by atoms with Crippen molar-refractivity contribution in [2.24, 2.45) is 0 Å². The summed E-state index contributed by atoms with van der Waals surface area (Å²) in [5.74, 6) is -2.08. The molecule has 0 spiro atoms. The largest absolute Gasteiger partial charge is 0.493 e. The molecule has 1 aliphatic heterocycles. The highest BCUT2D eigenvalue weighted by molar-refractivity contribution is 6.16. The Morgan fingerprint density at radius 3 is 2.53 bits per heavy atom. The molecule has 3 N–H and O–H groups in total. The normalized spacial score (nSPS) is 15.3. The highest BCUT2D eigenvalue weighted by Gasteiger charge is 2.35. The van der Waals surface area contributed by atoms with Crippen molar-refractivity contribution in [3.05, 3.63) is 59.8 Å². The number of hydrogen-bond donors (Lipinski definition) is 3. The number of para-hydroxylation sites is 2. The molecular weight excluding hydrogens is 418 g/mol. The summed E-state index contributed by atoms with van der Waals surface area (Å²) in [7, 11) is 1.39. The van der Waals surface area contributed by atoms with E-state index in [1.54, 1.807) is 48.5 Å². The van der Waals surface area contributed by atoms with Crippen LogP contribution in [-0.2, 0) is 14.4 Å². The number of hydrogen-bond acceptors (Lipinski definition) is 6. The molecule has 1 atom stereocenters. The van der Waals surface area contributed by atoms with E-state index in [1.165, 1.54) is 20.1 Å². The number of carbonyl (C=O) groups is 4. The Labute approximate surface area is 183 Å². The van der Waals surface area contributed by atoms with Crippen LogP contribution in [0.2, 0.25) is 0 Å². The summed E-state index contributed by atoms with van der Waals surface area (Å²) in [6.07, 6.45) is 0.150. The van der Waals surface area contributed by atoms with Gasteiger partial charge in [-0.15, -0.1) is 0 Å². The lowest BCUT2D eigenvalue weighted by molar-refractivity contribution is -0.144. The van der Waals surface area contributed by atoms with Gasteiger partial charge in [-0.1, -0.05) is 30.3 Å². The van der Waals surface area contributed by atoms with Crippen LogP contribution >= 0.6 is 0 Å². The monoisotopic (exact) mass is 439 g/mol. The smallest absolute Gasteiger partial charge is 0.344 e. The van der Waals surface area contributed by atoms with Crippen LogP contribution < -0.4 is 20.1 Å². The zero-order valence-electron chi connectivity index (χ0n) is 17.3. The lowest BCUT2D eigenvalue weighted by Gasteiger charge is -2.16. The Balaban J connectivity index is 1.81. The van der Waals surface area contributed by atoms with Gasteiger partial charge in [0.05, 0.1) is 7.11 Å². The summed E-state index contributed by atoms with van der Waals surface area (Å²) >= 11 is 0. The molecule has 0 saturated carbocycles. The summed E-state index contributed by atoms with van der Waals surface area (Å²) in [5.41, 5.74) is 0.756. The minimum Gasteiger partial charge on any atom is -0.493 e. The van der Waals surface area contributed by atoms with Crippen molar-refractivity contribution in [3.63, 3.8) is 0 Å². The van der Waals surface area contributed by atoms with Crippen molar-refractivity contribution in [1.82, 2.24) is 10.2 Å². The lowest BCUT2D eigenvalue weighted by atomic mass is 10.1. The van der Waals surface area contributed by atoms with E-state index in [-0.39, 0.29) is 17.2 Å². The van der Waals surface area contributed by atoms with Crippen molar-refractivity contribution in [2.75, 3.05) is 19.0 Å². The fourth-order valence-electron chi connectivity index (χ4n) is 2.90. The number of amides is 4. The van der Waals surface area contributed by atoms with Crippen LogP contribution in [0, 0.1) is 0 Å². The van der Waals surface area contributed by atoms with Gasteiger partial charge in [-0.05, 0) is 31.2 Å². The minimum atomic E-state index is -1.18. The topological polar surface area (TPSA) is 134 Å². The fraction of sp³-hybridized carbons (Fsp3) is 0.182. The Bertz CT molecular complexity index is 1080. The number of imide groups is 1. The quantitative estimate of drug-likeness (QED) is 0.423. The highest BCUT2D eigenvalue weighted by atomic mass is 16.5. The number of carboxylic acids is 1. The molecule has 1 heterocycles. The van der Waals surface area contributed by atoms with Crippen molar-refractivity contribution >= 4 is 35.6 Å². The molecule has 2 aromatic rings. The number of nitrogens with one attached hydrogen (secondary N) is 2. The van der Waals surface area contributed by atoms with E-state index >= 15 is 0 Å². The molecule has 0 aromatic heterocycles. The molecule has 0 aliphatic carbocycles. The number of rotatable bonds is 8. The molecule has 10 nitrogen and oxygen atoms in total. The number of methoxy groups -OCH3 is 1. The number of carboxylic acid groups (broad SMARTS) is 1. The summed E-state index contributed by atoms with van der Waals surface area (Å²) in [4.78, 5) is 49.2. The first kappa shape index (κ1) is 22.3. The van der Waals surface area contributed by atoms with Crippen LogP contribution in [-0.4, -0.2) is 53.6 Å². The second-order valence-corrected chi connectivity index (χ2v) is 6.77. The Hall–Kier alpha value is -4.34. The number of anilines is 1. The maximum atomic E-state index is 12.7. The van der Waals surface area contributed by atoms with Gasteiger partial charge >= 0.3 is 12.0 Å². The van der Waals surface area contributed by atoms with Crippen molar-refractivity contribution in [2.45, 2.75) is 13.0 Å². The predicted molar refractivity (Wildman–Crippen MR) is 114 cm³/mol. The Morgan fingerprint density at radius 2 is 1.88 bits per heavy atom. The summed E-state index contributed by atoms with van der Waals surface area (Å²) in [5, 5.41) is 14.2. The van der Waals surface area contributed by atoms with Gasteiger partial charge in [-0.3, -0.25) is 9.59 Å². The second-order valence-electron chi connectivity index (χ2n) is 6.77. The van der Waals surface area contributed by atoms with E-state index in [0.29, 0.717) is 11.3 Å². The number of ether oxygens (including phenoxy) is 2. The molecular formula is C22H21N3O7. The average molecular weight is 439 g/mol. The number of benzene rings is 2. The van der Waals surface area contributed by atoms with Crippen LogP contribution in [0.25, 0.3) is 6.08 Å². The van der Waals surface area contributed by atoms with E-state index in [2.05, 4.69) is 10.6 Å². The number of aliphatic carboxylic acids is 1. The molecule has 166 valence electrons. The maximum absolute atomic E-state index is 12.7. The molecule has 10 heteroatoms. The summed E-state index contributed by atoms with van der Waals surface area (Å²) < 4.78 is 10.7. The van der Waals surface area contributed by atoms with Gasteiger partial charge in [-0.2, -0.15) is 0 Å². The van der Waals surface area contributed by atoms with E-state index in [0.717, 1.165) is 4.90 Å². The van der Waals surface area contributed by atoms with Gasteiger partial charge < -0.3 is 25.2 Å². The molecule has 3 rings (SSSR count). The first-order valence-corrected chi connectivity index (χ1v) is 9.56. The summed E-state index contributed by atoms with van der Waals surface area (Å²) in [6.45, 7) is 0.871. The van der Waals surface area contributed by atoms with E-state index in [9.17, 15) is 19.2 Å². The molecule has 0 radical (unpaired) electrons. The lowest BCUT2D eigenvalue weighted by Crippen LogP contribution is -2.38. The average Bonchev–Trinajstić information content (AvgIpc) is 3.02. The predicted octanol–water partition coefficient (Wildman–Crippen LogP) is 2.08. The maximum Gasteiger partial charge on any atom is 0.344 e. The van der Waals surface area contributed by atoms with Crippen molar-refractivity contribution in [1.29, 1.82) is 0 Å². The molecule has 1 saturated heterocycles. The van der Waals surface area contributed by atoms with E-state index in [4.69, 9.17) is 14.6 Å². The van der Waals surface area contributed by atoms with Gasteiger partial charge in [0.25, 0.3) is 5.91 Å². The molecule has 0 unspecified atom stereocenters. The van der Waals surface area contributed by atoms with E-state index < -0.39 is 36.5 Å². The summed E-state index contributed by atoms with van der Waals surface area (Å²) in [6, 6.07) is 12.6. The van der Waals surface area contributed by atoms with Crippen molar-refractivity contribution in [3.8, 4) is 11.5 Å². The number of urea groups is 1. The van der Waals surface area contributed by atoms with Crippen LogP contribution in [0.5, 0.6) is 11.5 Å². The standard InChI is InChI=1S/C22H21N3O7/c1-13(21(28)29)32-19-14(7-6-10-17(19)31-2)11-16-20(27)25(22(30)24-16)12-18(26)23-15-8-4-3-5-9-15/h3-11,13H,12H2,1-2H3,(H,23,26)(H,24,30)(H,28,29)/b16-11-/t13-/m1/s1. The molecule has 1 aliphatic rings. The zero-order valence-corrected chi connectivity index (χ0v) is 17.3. The Morgan fingerprint density at radius 1 is 1.16 bits per heavy atom. The minimum absolute atomic E-state index is 0.0939. The van der Waals surface area contributed by atoms with Gasteiger partial charge in [0.2, 0.25) is 5.91 Å². The third kappa shape index (κ3) is 5.04. The SMILES string of the molecule is COc1cccc(/C=C2\NC(=O)N(CC(=O)Nc3ccccc3)C2=O)c1O[C@H](C)C(=O)O. The number of nitrogens with zero attached hydrogens (tertiary/aromatic N) is 1. The van der Waals surface area contributed by atoms with Crippen LogP contribution in [0.1, 0.15) is 12.5 Å². The van der Waals surface area contributed by atoms with Crippen molar-refractivity contribution < 1.29 is 33.8 Å². The van der Waals surface area contributed by atoms with Crippen LogP contribution in [0.15, 0.2) is 54.2 Å². The molecule has 0 bridgehead atoms. The number of carbonyl (C=O) groups excluding carboxylic acids is 3. The van der Waals surface area contributed by atoms with Gasteiger partial charge in [-0.25, -0.2) is 14.5 Å². The first-order chi connectivity index (χ1) is 15.3. The zero-order chi connectivity index (χ0) is 23.3. The third-order valence-electron chi connectivity index (χ3n) is 4.49.